The fourth-order valence-electron chi connectivity index (χ4n) is 2.56. The predicted octanol–water partition coefficient (Wildman–Crippen LogP) is 2.27. The number of aryl methyl sites for hydroxylation is 1. The Balaban J connectivity index is 1.91. The highest BCUT2D eigenvalue weighted by Gasteiger charge is 2.14. The van der Waals surface area contributed by atoms with Gasteiger partial charge in [-0.25, -0.2) is 4.98 Å². The van der Waals surface area contributed by atoms with Gasteiger partial charge in [-0.3, -0.25) is 4.79 Å². The highest BCUT2D eigenvalue weighted by atomic mass is 79.9. The maximum atomic E-state index is 12.1. The van der Waals surface area contributed by atoms with E-state index in [2.05, 4.69) is 50.3 Å². The minimum absolute atomic E-state index is 0.143. The summed E-state index contributed by atoms with van der Waals surface area (Å²) in [5.41, 5.74) is 3.45. The van der Waals surface area contributed by atoms with Gasteiger partial charge >= 0.3 is 0 Å². The fourth-order valence-corrected chi connectivity index (χ4v) is 3.04. The van der Waals surface area contributed by atoms with Crippen molar-refractivity contribution in [1.82, 2.24) is 14.5 Å². The van der Waals surface area contributed by atoms with E-state index in [9.17, 15) is 4.79 Å². The Hall–Kier alpha value is -1.66. The zero-order chi connectivity index (χ0) is 15.0. The molecule has 1 aliphatic rings. The average molecular weight is 349 g/mol. The molecule has 0 aliphatic carbocycles. The Labute approximate surface area is 131 Å². The highest BCUT2D eigenvalue weighted by Crippen LogP contribution is 2.23. The molecule has 110 valence electrons. The number of hydrogen-bond acceptors (Lipinski definition) is 4. The van der Waals surface area contributed by atoms with E-state index < -0.39 is 0 Å². The largest absolute Gasteiger partial charge is 0.336 e. The van der Waals surface area contributed by atoms with Crippen LogP contribution >= 0.6 is 15.9 Å². The van der Waals surface area contributed by atoms with Crippen molar-refractivity contribution >= 4 is 27.4 Å². The van der Waals surface area contributed by atoms with E-state index >= 15 is 0 Å². The van der Waals surface area contributed by atoms with Crippen molar-refractivity contribution in [1.29, 1.82) is 0 Å². The quantitative estimate of drug-likeness (QED) is 0.904. The number of nitrogens with one attached hydrogen (secondary N) is 1. The number of likely N-dealkylation sites (N-methyl/N-ethyl adjacent to an activating group) is 1. The van der Waals surface area contributed by atoms with Gasteiger partial charge in [-0.15, -0.1) is 0 Å². The van der Waals surface area contributed by atoms with Crippen LogP contribution in [0.4, 0.5) is 11.5 Å². The van der Waals surface area contributed by atoms with Crippen LogP contribution in [0.1, 0.15) is 11.1 Å². The van der Waals surface area contributed by atoms with E-state index in [4.69, 9.17) is 0 Å². The number of nitrogens with zero attached hydrogens (tertiary/aromatic N) is 3. The summed E-state index contributed by atoms with van der Waals surface area (Å²) in [6.45, 7) is 2.04. The Morgan fingerprint density at radius 2 is 2.10 bits per heavy atom. The van der Waals surface area contributed by atoms with Gasteiger partial charge < -0.3 is 14.8 Å². The number of aromatic nitrogens is 2. The lowest BCUT2D eigenvalue weighted by Crippen LogP contribution is -2.26. The van der Waals surface area contributed by atoms with Crippen molar-refractivity contribution < 1.29 is 0 Å². The van der Waals surface area contributed by atoms with Gasteiger partial charge in [0.25, 0.3) is 5.56 Å². The van der Waals surface area contributed by atoms with Crippen LogP contribution in [0.2, 0.25) is 0 Å². The SMILES string of the molecule is CN1CCc2cc(Nc3nc(Br)cn(C)c3=O)ccc2C1. The lowest BCUT2D eigenvalue weighted by Gasteiger charge is -2.25. The molecule has 0 fully saturated rings. The van der Waals surface area contributed by atoms with Gasteiger partial charge in [0.2, 0.25) is 0 Å². The van der Waals surface area contributed by atoms with E-state index in [0.717, 1.165) is 25.2 Å². The smallest absolute Gasteiger partial charge is 0.293 e. The average Bonchev–Trinajstić information content (AvgIpc) is 2.44. The van der Waals surface area contributed by atoms with E-state index in [1.165, 1.54) is 15.7 Å². The third-order valence-electron chi connectivity index (χ3n) is 3.71. The van der Waals surface area contributed by atoms with Gasteiger partial charge in [0.1, 0.15) is 4.60 Å². The molecule has 5 nitrogen and oxygen atoms in total. The number of benzene rings is 1. The molecule has 0 spiro atoms. The molecule has 0 radical (unpaired) electrons. The molecule has 0 amide bonds. The molecule has 1 N–H and O–H groups in total. The number of halogens is 1. The van der Waals surface area contributed by atoms with Gasteiger partial charge in [0.05, 0.1) is 0 Å². The second kappa shape index (κ2) is 5.61. The standard InChI is InChI=1S/C15H17BrN4O/c1-19-6-5-10-7-12(4-3-11(10)8-19)17-14-15(21)20(2)9-13(16)18-14/h3-4,7,9H,5-6,8H2,1-2H3,(H,17,18). The number of rotatable bonds is 2. The first-order valence-electron chi connectivity index (χ1n) is 6.83. The molecule has 3 rings (SSSR count). The van der Waals surface area contributed by atoms with Crippen LogP contribution in [0, 0.1) is 0 Å². The molecule has 1 aromatic heterocycles. The number of hydrogen-bond donors (Lipinski definition) is 1. The van der Waals surface area contributed by atoms with E-state index in [1.54, 1.807) is 13.2 Å². The van der Waals surface area contributed by atoms with Crippen LogP contribution in [-0.4, -0.2) is 28.0 Å². The molecule has 0 unspecified atom stereocenters. The molecular formula is C15H17BrN4O. The van der Waals surface area contributed by atoms with Gasteiger partial charge in [-0.05, 0) is 52.7 Å². The fraction of sp³-hybridized carbons (Fsp3) is 0.333. The van der Waals surface area contributed by atoms with Crippen molar-refractivity contribution in [2.45, 2.75) is 13.0 Å². The molecule has 2 heterocycles. The third-order valence-corrected chi connectivity index (χ3v) is 4.10. The van der Waals surface area contributed by atoms with Crippen molar-refractivity contribution in [2.75, 3.05) is 18.9 Å². The Morgan fingerprint density at radius 1 is 1.29 bits per heavy atom. The van der Waals surface area contributed by atoms with Gasteiger partial charge in [0.15, 0.2) is 5.82 Å². The van der Waals surface area contributed by atoms with E-state index in [0.29, 0.717) is 10.4 Å². The summed E-state index contributed by atoms with van der Waals surface area (Å²) in [4.78, 5) is 18.6. The summed E-state index contributed by atoms with van der Waals surface area (Å²) >= 11 is 3.31. The molecular weight excluding hydrogens is 332 g/mol. The molecule has 0 saturated carbocycles. The van der Waals surface area contributed by atoms with Crippen molar-refractivity contribution in [3.05, 3.63) is 50.5 Å². The summed E-state index contributed by atoms with van der Waals surface area (Å²) in [7, 11) is 3.84. The van der Waals surface area contributed by atoms with E-state index in [1.807, 2.05) is 6.07 Å². The van der Waals surface area contributed by atoms with Crippen LogP contribution in [0.25, 0.3) is 0 Å². The molecule has 0 atom stereocenters. The number of fused-ring (bicyclic) bond motifs is 1. The minimum atomic E-state index is -0.143. The van der Waals surface area contributed by atoms with Gasteiger partial charge in [-0.1, -0.05) is 6.07 Å². The second-order valence-electron chi connectivity index (χ2n) is 5.42. The van der Waals surface area contributed by atoms with Crippen LogP contribution in [0.5, 0.6) is 0 Å². The van der Waals surface area contributed by atoms with Crippen LogP contribution in [-0.2, 0) is 20.0 Å². The zero-order valence-corrected chi connectivity index (χ0v) is 13.6. The molecule has 6 heteroatoms. The Kier molecular flexibility index (Phi) is 3.82. The maximum Gasteiger partial charge on any atom is 0.293 e. The van der Waals surface area contributed by atoms with Crippen molar-refractivity contribution in [3.63, 3.8) is 0 Å². The van der Waals surface area contributed by atoms with Crippen molar-refractivity contribution in [3.8, 4) is 0 Å². The monoisotopic (exact) mass is 348 g/mol. The second-order valence-corrected chi connectivity index (χ2v) is 6.24. The molecule has 0 bridgehead atoms. The zero-order valence-electron chi connectivity index (χ0n) is 12.1. The first kappa shape index (κ1) is 14.3. The first-order chi connectivity index (χ1) is 10.0. The first-order valence-corrected chi connectivity index (χ1v) is 7.63. The molecule has 2 aromatic rings. The third kappa shape index (κ3) is 3.01. The Bertz CT molecular complexity index is 741. The summed E-state index contributed by atoms with van der Waals surface area (Å²) in [6, 6.07) is 6.24. The maximum absolute atomic E-state index is 12.1. The van der Waals surface area contributed by atoms with Crippen LogP contribution < -0.4 is 10.9 Å². The lowest BCUT2D eigenvalue weighted by molar-refractivity contribution is 0.313. The summed E-state index contributed by atoms with van der Waals surface area (Å²) in [5, 5.41) is 3.13. The molecule has 0 saturated heterocycles. The van der Waals surface area contributed by atoms with Crippen LogP contribution in [0.15, 0.2) is 33.8 Å². The van der Waals surface area contributed by atoms with Gasteiger partial charge in [-0.2, -0.15) is 0 Å². The minimum Gasteiger partial charge on any atom is -0.336 e. The summed E-state index contributed by atoms with van der Waals surface area (Å²) < 4.78 is 2.14. The predicted molar refractivity (Wildman–Crippen MR) is 86.9 cm³/mol. The van der Waals surface area contributed by atoms with Gasteiger partial charge in [0, 0.05) is 32.0 Å². The topological polar surface area (TPSA) is 50.2 Å². The number of anilines is 2. The lowest BCUT2D eigenvalue weighted by atomic mass is 9.99. The molecule has 21 heavy (non-hydrogen) atoms. The normalized spacial score (nSPS) is 14.8. The highest BCUT2D eigenvalue weighted by molar-refractivity contribution is 9.10. The molecule has 1 aliphatic heterocycles. The summed E-state index contributed by atoms with van der Waals surface area (Å²) in [6.07, 6.45) is 2.68. The van der Waals surface area contributed by atoms with Crippen molar-refractivity contribution in [2.24, 2.45) is 7.05 Å². The van der Waals surface area contributed by atoms with Crippen LogP contribution in [0.3, 0.4) is 0 Å². The summed E-state index contributed by atoms with van der Waals surface area (Å²) in [5.74, 6) is 0.333. The van der Waals surface area contributed by atoms with E-state index in [-0.39, 0.29) is 5.56 Å². The molecule has 1 aromatic carbocycles. The Morgan fingerprint density at radius 3 is 2.90 bits per heavy atom.